The number of pyridine rings is 1. The second-order valence-electron chi connectivity index (χ2n) is 5.86. The minimum atomic E-state index is -0.290. The van der Waals surface area contributed by atoms with E-state index in [4.69, 9.17) is 11.6 Å². The van der Waals surface area contributed by atoms with Gasteiger partial charge in [-0.2, -0.15) is 5.10 Å². The maximum Gasteiger partial charge on any atom is 0.276 e. The Labute approximate surface area is 161 Å². The van der Waals surface area contributed by atoms with E-state index in [0.717, 1.165) is 16.9 Å². The maximum absolute atomic E-state index is 12.7. The average Bonchev–Trinajstić information content (AvgIpc) is 3.17. The second-order valence-corrected chi connectivity index (χ2v) is 6.30. The van der Waals surface area contributed by atoms with Gasteiger partial charge in [-0.3, -0.25) is 9.78 Å². The van der Waals surface area contributed by atoms with E-state index in [1.807, 2.05) is 42.5 Å². The molecule has 0 saturated heterocycles. The first kappa shape index (κ1) is 17.0. The molecule has 0 unspecified atom stereocenters. The standard InChI is InChI=1S/C21H15ClN4O/c22-16-6-8-17(9-7-16)24-21(27)19-14-20(15-10-12-23-13-11-15)26(25-19)18-4-2-1-3-5-18/h1-14H,(H,24,27). The van der Waals surface area contributed by atoms with Crippen LogP contribution in [-0.4, -0.2) is 20.7 Å². The molecular weight excluding hydrogens is 360 g/mol. The Morgan fingerprint density at radius 1 is 0.926 bits per heavy atom. The highest BCUT2D eigenvalue weighted by atomic mass is 35.5. The number of hydrogen-bond acceptors (Lipinski definition) is 3. The number of nitrogens with zero attached hydrogens (tertiary/aromatic N) is 3. The van der Waals surface area contributed by atoms with Crippen molar-refractivity contribution in [2.45, 2.75) is 0 Å². The van der Waals surface area contributed by atoms with E-state index in [2.05, 4.69) is 15.4 Å². The lowest BCUT2D eigenvalue weighted by atomic mass is 10.2. The van der Waals surface area contributed by atoms with Crippen LogP contribution in [0.25, 0.3) is 16.9 Å². The van der Waals surface area contributed by atoms with E-state index < -0.39 is 0 Å². The number of amides is 1. The van der Waals surface area contributed by atoms with E-state index >= 15 is 0 Å². The molecule has 0 spiro atoms. The molecule has 0 saturated carbocycles. The normalized spacial score (nSPS) is 10.6. The Morgan fingerprint density at radius 3 is 2.33 bits per heavy atom. The van der Waals surface area contributed by atoms with E-state index in [0.29, 0.717) is 16.4 Å². The Morgan fingerprint density at radius 2 is 1.63 bits per heavy atom. The molecule has 4 aromatic rings. The van der Waals surface area contributed by atoms with Gasteiger partial charge in [0.2, 0.25) is 0 Å². The third-order valence-electron chi connectivity index (χ3n) is 4.02. The topological polar surface area (TPSA) is 59.8 Å². The Kier molecular flexibility index (Phi) is 4.68. The summed E-state index contributed by atoms with van der Waals surface area (Å²) in [6.45, 7) is 0. The first-order valence-corrected chi connectivity index (χ1v) is 8.71. The molecule has 2 heterocycles. The lowest BCUT2D eigenvalue weighted by Crippen LogP contribution is -2.13. The summed E-state index contributed by atoms with van der Waals surface area (Å²) in [6.07, 6.45) is 3.43. The van der Waals surface area contributed by atoms with Crippen LogP contribution in [0.1, 0.15) is 10.5 Å². The van der Waals surface area contributed by atoms with Crippen molar-refractivity contribution in [1.29, 1.82) is 0 Å². The molecule has 4 rings (SSSR count). The van der Waals surface area contributed by atoms with Crippen LogP contribution in [-0.2, 0) is 0 Å². The number of benzene rings is 2. The smallest absolute Gasteiger partial charge is 0.276 e. The first-order valence-electron chi connectivity index (χ1n) is 8.33. The highest BCUT2D eigenvalue weighted by Crippen LogP contribution is 2.24. The molecule has 132 valence electrons. The Bertz CT molecular complexity index is 1000. The van der Waals surface area contributed by atoms with Gasteiger partial charge in [0.05, 0.1) is 11.4 Å². The summed E-state index contributed by atoms with van der Waals surface area (Å²) < 4.78 is 1.76. The van der Waals surface area contributed by atoms with Crippen molar-refractivity contribution >= 4 is 23.2 Å². The number of para-hydroxylation sites is 1. The summed E-state index contributed by atoms with van der Waals surface area (Å²) in [5.41, 5.74) is 3.58. The van der Waals surface area contributed by atoms with E-state index in [1.165, 1.54) is 0 Å². The lowest BCUT2D eigenvalue weighted by Gasteiger charge is -2.07. The van der Waals surface area contributed by atoms with Crippen LogP contribution in [0.15, 0.2) is 85.2 Å². The summed E-state index contributed by atoms with van der Waals surface area (Å²) in [4.78, 5) is 16.8. The fourth-order valence-corrected chi connectivity index (χ4v) is 2.84. The Balaban J connectivity index is 1.72. The van der Waals surface area contributed by atoms with Gasteiger partial charge in [-0.15, -0.1) is 0 Å². The molecule has 1 N–H and O–H groups in total. The van der Waals surface area contributed by atoms with Crippen molar-refractivity contribution in [2.24, 2.45) is 0 Å². The zero-order chi connectivity index (χ0) is 18.6. The van der Waals surface area contributed by atoms with E-state index in [9.17, 15) is 4.79 Å². The number of aromatic nitrogens is 3. The SMILES string of the molecule is O=C(Nc1ccc(Cl)cc1)c1cc(-c2ccncc2)n(-c2ccccc2)n1. The van der Waals surface area contributed by atoms with Gasteiger partial charge in [-0.25, -0.2) is 4.68 Å². The molecule has 6 heteroatoms. The van der Waals surface area contributed by atoms with Crippen LogP contribution < -0.4 is 5.32 Å². The minimum absolute atomic E-state index is 0.290. The van der Waals surface area contributed by atoms with Crippen LogP contribution >= 0.6 is 11.6 Å². The molecule has 0 bridgehead atoms. The molecule has 2 aromatic heterocycles. The minimum Gasteiger partial charge on any atom is -0.321 e. The summed E-state index contributed by atoms with van der Waals surface area (Å²) in [5, 5.41) is 7.98. The molecule has 2 aromatic carbocycles. The lowest BCUT2D eigenvalue weighted by molar-refractivity contribution is 0.102. The van der Waals surface area contributed by atoms with Gasteiger partial charge in [0.1, 0.15) is 0 Å². The largest absolute Gasteiger partial charge is 0.321 e. The highest BCUT2D eigenvalue weighted by Gasteiger charge is 2.17. The molecule has 5 nitrogen and oxygen atoms in total. The van der Waals surface area contributed by atoms with Crippen LogP contribution in [0.5, 0.6) is 0 Å². The quantitative estimate of drug-likeness (QED) is 0.556. The zero-order valence-corrected chi connectivity index (χ0v) is 15.0. The van der Waals surface area contributed by atoms with Crippen molar-refractivity contribution in [2.75, 3.05) is 5.32 Å². The number of carbonyl (C=O) groups excluding carboxylic acids is 1. The maximum atomic E-state index is 12.7. The molecule has 0 aliphatic rings. The van der Waals surface area contributed by atoms with Crippen LogP contribution in [0.3, 0.4) is 0 Å². The monoisotopic (exact) mass is 374 g/mol. The molecule has 0 aliphatic heterocycles. The van der Waals surface area contributed by atoms with Gasteiger partial charge >= 0.3 is 0 Å². The van der Waals surface area contributed by atoms with E-state index in [-0.39, 0.29) is 5.91 Å². The predicted octanol–water partition coefficient (Wildman–Crippen LogP) is 4.84. The molecule has 0 aliphatic carbocycles. The van der Waals surface area contributed by atoms with Crippen molar-refractivity contribution in [3.05, 3.63) is 95.9 Å². The number of halogens is 1. The van der Waals surface area contributed by atoms with Crippen molar-refractivity contribution < 1.29 is 4.79 Å². The fourth-order valence-electron chi connectivity index (χ4n) is 2.71. The number of anilines is 1. The van der Waals surface area contributed by atoms with Crippen molar-refractivity contribution in [3.63, 3.8) is 0 Å². The second kappa shape index (κ2) is 7.43. The third-order valence-corrected chi connectivity index (χ3v) is 4.27. The highest BCUT2D eigenvalue weighted by molar-refractivity contribution is 6.30. The van der Waals surface area contributed by atoms with Gasteiger partial charge < -0.3 is 5.32 Å². The molecule has 0 atom stereocenters. The first-order chi connectivity index (χ1) is 13.2. The number of nitrogens with one attached hydrogen (secondary N) is 1. The van der Waals surface area contributed by atoms with Gasteiger partial charge in [-0.05, 0) is 54.6 Å². The molecular formula is C21H15ClN4O. The summed E-state index contributed by atoms with van der Waals surface area (Å²) in [5.74, 6) is -0.290. The third kappa shape index (κ3) is 3.73. The van der Waals surface area contributed by atoms with E-state index in [1.54, 1.807) is 47.4 Å². The summed E-state index contributed by atoms with van der Waals surface area (Å²) in [6, 6.07) is 22.2. The number of rotatable bonds is 4. The molecule has 1 amide bonds. The molecule has 0 fully saturated rings. The van der Waals surface area contributed by atoms with Crippen molar-refractivity contribution in [1.82, 2.24) is 14.8 Å². The van der Waals surface area contributed by atoms with Crippen LogP contribution in [0.4, 0.5) is 5.69 Å². The summed E-state index contributed by atoms with van der Waals surface area (Å²) >= 11 is 5.89. The van der Waals surface area contributed by atoms with Crippen LogP contribution in [0, 0.1) is 0 Å². The average molecular weight is 375 g/mol. The fraction of sp³-hybridized carbons (Fsp3) is 0. The predicted molar refractivity (Wildman–Crippen MR) is 106 cm³/mol. The van der Waals surface area contributed by atoms with Gasteiger partial charge in [-0.1, -0.05) is 29.8 Å². The zero-order valence-electron chi connectivity index (χ0n) is 14.2. The summed E-state index contributed by atoms with van der Waals surface area (Å²) in [7, 11) is 0. The van der Waals surface area contributed by atoms with Crippen molar-refractivity contribution in [3.8, 4) is 16.9 Å². The van der Waals surface area contributed by atoms with Gasteiger partial charge in [0.15, 0.2) is 5.69 Å². The molecule has 27 heavy (non-hydrogen) atoms. The van der Waals surface area contributed by atoms with Crippen LogP contribution in [0.2, 0.25) is 5.02 Å². The molecule has 0 radical (unpaired) electrons. The number of hydrogen-bond donors (Lipinski definition) is 1. The van der Waals surface area contributed by atoms with Gasteiger partial charge in [0, 0.05) is 28.7 Å². The Hall–Kier alpha value is -3.44. The number of carbonyl (C=O) groups is 1. The van der Waals surface area contributed by atoms with Gasteiger partial charge in [0.25, 0.3) is 5.91 Å².